The van der Waals surface area contributed by atoms with Gasteiger partial charge in [-0.25, -0.2) is 0 Å². The summed E-state index contributed by atoms with van der Waals surface area (Å²) in [5.41, 5.74) is 0.955. The molecule has 0 aromatic heterocycles. The molecule has 0 aliphatic carbocycles. The summed E-state index contributed by atoms with van der Waals surface area (Å²) in [4.78, 5) is 22.1. The molecule has 0 saturated carbocycles. The smallest absolute Gasteiger partial charge is 0.305 e. The number of methoxy groups -OCH3 is 2. The van der Waals surface area contributed by atoms with E-state index in [1.54, 1.807) is 0 Å². The maximum Gasteiger partial charge on any atom is 0.305 e. The Bertz CT molecular complexity index is 442. The van der Waals surface area contributed by atoms with Crippen molar-refractivity contribution in [1.29, 1.82) is 0 Å². The average molecular weight is 280 g/mol. The Hall–Kier alpha value is -2.04. The number of esters is 2. The van der Waals surface area contributed by atoms with E-state index < -0.39 is 0 Å². The maximum atomic E-state index is 11.2. The number of ether oxygens (including phenoxy) is 3. The summed E-state index contributed by atoms with van der Waals surface area (Å²) >= 11 is 0. The Kier molecular flexibility index (Phi) is 7.17. The minimum Gasteiger partial charge on any atom is -0.493 e. The van der Waals surface area contributed by atoms with E-state index in [1.807, 2.05) is 24.3 Å². The highest BCUT2D eigenvalue weighted by Crippen LogP contribution is 2.20. The lowest BCUT2D eigenvalue weighted by Gasteiger charge is -2.10. The predicted octanol–water partition coefficient (Wildman–Crippen LogP) is 2.12. The number of hydrogen-bond acceptors (Lipinski definition) is 5. The van der Waals surface area contributed by atoms with E-state index in [-0.39, 0.29) is 11.9 Å². The summed E-state index contributed by atoms with van der Waals surface area (Å²) in [6, 6.07) is 7.54. The van der Waals surface area contributed by atoms with Gasteiger partial charge in [-0.2, -0.15) is 0 Å². The van der Waals surface area contributed by atoms with E-state index in [1.165, 1.54) is 14.2 Å². The third-order valence-electron chi connectivity index (χ3n) is 2.81. The summed E-state index contributed by atoms with van der Waals surface area (Å²) in [7, 11) is 2.74. The Morgan fingerprint density at radius 2 is 1.65 bits per heavy atom. The fourth-order valence-corrected chi connectivity index (χ4v) is 1.69. The van der Waals surface area contributed by atoms with E-state index in [0.717, 1.165) is 11.3 Å². The third kappa shape index (κ3) is 5.73. The molecule has 0 aliphatic heterocycles. The minimum absolute atomic E-state index is 0.243. The number of hydrogen-bond donors (Lipinski definition) is 0. The summed E-state index contributed by atoms with van der Waals surface area (Å²) in [5, 5.41) is 0. The first kappa shape index (κ1) is 16.0. The normalized spacial score (nSPS) is 9.90. The second-order valence-corrected chi connectivity index (χ2v) is 4.21. The van der Waals surface area contributed by atoms with Gasteiger partial charge in [0.1, 0.15) is 5.75 Å². The van der Waals surface area contributed by atoms with Gasteiger partial charge in [-0.3, -0.25) is 9.59 Å². The predicted molar refractivity (Wildman–Crippen MR) is 73.5 cm³/mol. The molecule has 110 valence electrons. The Morgan fingerprint density at radius 3 is 2.35 bits per heavy atom. The number of benzene rings is 1. The second kappa shape index (κ2) is 8.96. The van der Waals surface area contributed by atoms with Gasteiger partial charge in [0.15, 0.2) is 0 Å². The molecule has 0 unspecified atom stereocenters. The summed E-state index contributed by atoms with van der Waals surface area (Å²) < 4.78 is 14.8. The molecule has 0 atom stereocenters. The second-order valence-electron chi connectivity index (χ2n) is 4.21. The first-order chi connectivity index (χ1) is 9.67. The van der Waals surface area contributed by atoms with Crippen LogP contribution in [-0.4, -0.2) is 32.8 Å². The van der Waals surface area contributed by atoms with E-state index >= 15 is 0 Å². The molecule has 0 radical (unpaired) electrons. The molecule has 0 bridgehead atoms. The van der Waals surface area contributed by atoms with Gasteiger partial charge in [0, 0.05) is 12.8 Å². The molecule has 5 heteroatoms. The van der Waals surface area contributed by atoms with Crippen molar-refractivity contribution in [3.63, 3.8) is 0 Å². The van der Waals surface area contributed by atoms with Gasteiger partial charge in [-0.15, -0.1) is 0 Å². The molecule has 1 aromatic rings. The van der Waals surface area contributed by atoms with Crippen LogP contribution in [0.15, 0.2) is 24.3 Å². The Labute approximate surface area is 118 Å². The lowest BCUT2D eigenvalue weighted by Crippen LogP contribution is -2.06. The molecule has 0 N–H and O–H groups in total. The van der Waals surface area contributed by atoms with Crippen LogP contribution in [0, 0.1) is 0 Å². The van der Waals surface area contributed by atoms with Crippen molar-refractivity contribution in [3.05, 3.63) is 29.8 Å². The minimum atomic E-state index is -0.245. The Morgan fingerprint density at radius 1 is 1.00 bits per heavy atom. The van der Waals surface area contributed by atoms with Crippen molar-refractivity contribution >= 4 is 11.9 Å². The number of rotatable bonds is 8. The third-order valence-corrected chi connectivity index (χ3v) is 2.81. The van der Waals surface area contributed by atoms with Crippen LogP contribution in [0.25, 0.3) is 0 Å². The highest BCUT2D eigenvalue weighted by molar-refractivity contribution is 5.69. The molecule has 0 amide bonds. The lowest BCUT2D eigenvalue weighted by molar-refractivity contribution is -0.141. The lowest BCUT2D eigenvalue weighted by atomic mass is 10.1. The first-order valence-corrected chi connectivity index (χ1v) is 6.51. The van der Waals surface area contributed by atoms with Crippen LogP contribution in [0.2, 0.25) is 0 Å². The van der Waals surface area contributed by atoms with E-state index in [0.29, 0.717) is 32.3 Å². The van der Waals surface area contributed by atoms with Crippen LogP contribution in [0.3, 0.4) is 0 Å². The van der Waals surface area contributed by atoms with Crippen molar-refractivity contribution in [2.75, 3.05) is 20.8 Å². The van der Waals surface area contributed by atoms with Crippen LogP contribution in [0.5, 0.6) is 5.75 Å². The molecule has 20 heavy (non-hydrogen) atoms. The van der Waals surface area contributed by atoms with Crippen molar-refractivity contribution in [3.8, 4) is 5.75 Å². The van der Waals surface area contributed by atoms with Crippen molar-refractivity contribution in [2.24, 2.45) is 0 Å². The van der Waals surface area contributed by atoms with Gasteiger partial charge in [0.2, 0.25) is 0 Å². The molecule has 1 rings (SSSR count). The molecule has 1 aromatic carbocycles. The summed E-state index contributed by atoms with van der Waals surface area (Å²) in [6.07, 6.45) is 1.82. The van der Waals surface area contributed by atoms with Crippen molar-refractivity contribution in [1.82, 2.24) is 0 Å². The van der Waals surface area contributed by atoms with Gasteiger partial charge < -0.3 is 14.2 Å². The zero-order valence-electron chi connectivity index (χ0n) is 11.9. The molecule has 0 fully saturated rings. The zero-order valence-corrected chi connectivity index (χ0v) is 11.9. The fourth-order valence-electron chi connectivity index (χ4n) is 1.69. The molecular weight excluding hydrogens is 260 g/mol. The van der Waals surface area contributed by atoms with Gasteiger partial charge in [0.05, 0.1) is 20.8 Å². The van der Waals surface area contributed by atoms with E-state index in [2.05, 4.69) is 9.47 Å². The monoisotopic (exact) mass is 280 g/mol. The van der Waals surface area contributed by atoms with E-state index in [9.17, 15) is 9.59 Å². The van der Waals surface area contributed by atoms with Crippen LogP contribution >= 0.6 is 0 Å². The first-order valence-electron chi connectivity index (χ1n) is 6.51. The average Bonchev–Trinajstić information content (AvgIpc) is 2.49. The topological polar surface area (TPSA) is 61.8 Å². The van der Waals surface area contributed by atoms with Crippen LogP contribution in [-0.2, 0) is 25.5 Å². The van der Waals surface area contributed by atoms with Gasteiger partial charge in [-0.1, -0.05) is 18.2 Å². The number of carbonyl (C=O) groups excluding carboxylic acids is 2. The molecule has 5 nitrogen and oxygen atoms in total. The quantitative estimate of drug-likeness (QED) is 0.539. The SMILES string of the molecule is COC(=O)CCCOc1ccccc1CCC(=O)OC. The van der Waals surface area contributed by atoms with Gasteiger partial charge in [0.25, 0.3) is 0 Å². The van der Waals surface area contributed by atoms with Crippen LogP contribution in [0.1, 0.15) is 24.8 Å². The summed E-state index contributed by atoms with van der Waals surface area (Å²) in [5.74, 6) is 0.249. The zero-order chi connectivity index (χ0) is 14.8. The molecule has 0 aliphatic rings. The number of aryl methyl sites for hydroxylation is 1. The maximum absolute atomic E-state index is 11.2. The van der Waals surface area contributed by atoms with Gasteiger partial charge >= 0.3 is 11.9 Å². The standard InChI is InChI=1S/C15H20O5/c1-18-14(16)8-5-11-20-13-7-4-3-6-12(13)9-10-15(17)19-2/h3-4,6-7H,5,8-11H2,1-2H3. The molecule has 0 saturated heterocycles. The molecule has 0 heterocycles. The van der Waals surface area contributed by atoms with Crippen LogP contribution < -0.4 is 4.74 Å². The number of carbonyl (C=O) groups is 2. The fraction of sp³-hybridized carbons (Fsp3) is 0.467. The Balaban J connectivity index is 2.44. The highest BCUT2D eigenvalue weighted by Gasteiger charge is 2.07. The largest absolute Gasteiger partial charge is 0.493 e. The molecule has 0 spiro atoms. The summed E-state index contributed by atoms with van der Waals surface area (Å²) in [6.45, 7) is 0.435. The van der Waals surface area contributed by atoms with Crippen LogP contribution in [0.4, 0.5) is 0 Å². The van der Waals surface area contributed by atoms with E-state index in [4.69, 9.17) is 4.74 Å². The van der Waals surface area contributed by atoms with Crippen molar-refractivity contribution < 1.29 is 23.8 Å². The highest BCUT2D eigenvalue weighted by atomic mass is 16.5. The number of para-hydroxylation sites is 1. The van der Waals surface area contributed by atoms with Gasteiger partial charge in [-0.05, 0) is 24.5 Å². The van der Waals surface area contributed by atoms with Crippen molar-refractivity contribution in [2.45, 2.75) is 25.7 Å². The molecular formula is C15H20O5.